The van der Waals surface area contributed by atoms with Crippen molar-refractivity contribution in [1.29, 1.82) is 0 Å². The lowest BCUT2D eigenvalue weighted by Crippen LogP contribution is -1.98. The SMILES string of the molecule is O=COCCc1cnc2cncc(-c3ccc(Cl)cc3)c2c1. The van der Waals surface area contributed by atoms with Crippen LogP contribution in [0.25, 0.3) is 22.0 Å². The van der Waals surface area contributed by atoms with E-state index in [1.165, 1.54) is 0 Å². The summed E-state index contributed by atoms with van der Waals surface area (Å²) in [6, 6.07) is 9.68. The van der Waals surface area contributed by atoms with E-state index in [0.717, 1.165) is 27.6 Å². The van der Waals surface area contributed by atoms with Gasteiger partial charge in [-0.2, -0.15) is 0 Å². The predicted molar refractivity (Wildman–Crippen MR) is 85.7 cm³/mol. The summed E-state index contributed by atoms with van der Waals surface area (Å²) in [6.45, 7) is 0.801. The third kappa shape index (κ3) is 3.07. The van der Waals surface area contributed by atoms with E-state index in [1.54, 1.807) is 12.4 Å². The van der Waals surface area contributed by atoms with Crippen LogP contribution in [-0.4, -0.2) is 23.0 Å². The molecule has 0 fully saturated rings. The molecule has 0 aliphatic carbocycles. The van der Waals surface area contributed by atoms with Gasteiger partial charge < -0.3 is 4.74 Å². The molecule has 2 heterocycles. The van der Waals surface area contributed by atoms with Gasteiger partial charge in [-0.1, -0.05) is 23.7 Å². The van der Waals surface area contributed by atoms with Gasteiger partial charge in [0.2, 0.25) is 0 Å². The zero-order chi connectivity index (χ0) is 15.4. The summed E-state index contributed by atoms with van der Waals surface area (Å²) < 4.78 is 4.74. The first-order chi connectivity index (χ1) is 10.8. The van der Waals surface area contributed by atoms with Crippen LogP contribution in [0.5, 0.6) is 0 Å². The minimum Gasteiger partial charge on any atom is -0.468 e. The van der Waals surface area contributed by atoms with E-state index < -0.39 is 0 Å². The van der Waals surface area contributed by atoms with E-state index in [0.29, 0.717) is 24.5 Å². The van der Waals surface area contributed by atoms with E-state index in [-0.39, 0.29) is 0 Å². The van der Waals surface area contributed by atoms with Crippen LogP contribution in [-0.2, 0) is 16.0 Å². The fraction of sp³-hybridized carbons (Fsp3) is 0.118. The van der Waals surface area contributed by atoms with Crippen molar-refractivity contribution in [2.75, 3.05) is 6.61 Å². The molecule has 4 nitrogen and oxygen atoms in total. The highest BCUT2D eigenvalue weighted by Gasteiger charge is 2.07. The van der Waals surface area contributed by atoms with Crippen molar-refractivity contribution in [2.45, 2.75) is 6.42 Å². The molecule has 5 heteroatoms. The van der Waals surface area contributed by atoms with Crippen LogP contribution in [0, 0.1) is 0 Å². The molecule has 0 spiro atoms. The Balaban J connectivity index is 2.03. The van der Waals surface area contributed by atoms with Gasteiger partial charge in [-0.25, -0.2) is 0 Å². The summed E-state index contributed by atoms with van der Waals surface area (Å²) in [5, 5.41) is 1.71. The van der Waals surface area contributed by atoms with Gasteiger partial charge >= 0.3 is 0 Å². The van der Waals surface area contributed by atoms with E-state index >= 15 is 0 Å². The summed E-state index contributed by atoms with van der Waals surface area (Å²) in [6.07, 6.45) is 5.97. The largest absolute Gasteiger partial charge is 0.468 e. The molecule has 0 N–H and O–H groups in total. The summed E-state index contributed by atoms with van der Waals surface area (Å²) in [4.78, 5) is 18.9. The molecule has 22 heavy (non-hydrogen) atoms. The molecule has 1 aromatic carbocycles. The summed E-state index contributed by atoms with van der Waals surface area (Å²) in [7, 11) is 0. The highest BCUT2D eigenvalue weighted by atomic mass is 35.5. The Hall–Kier alpha value is -2.46. The molecule has 0 aliphatic rings. The number of carbonyl (C=O) groups excluding carboxylic acids is 1. The molecule has 3 rings (SSSR count). The van der Waals surface area contributed by atoms with Crippen molar-refractivity contribution >= 4 is 29.0 Å². The molecular formula is C17H13ClN2O2. The zero-order valence-electron chi connectivity index (χ0n) is 11.7. The first-order valence-corrected chi connectivity index (χ1v) is 7.19. The minimum atomic E-state index is 0.345. The highest BCUT2D eigenvalue weighted by molar-refractivity contribution is 6.30. The van der Waals surface area contributed by atoms with Crippen molar-refractivity contribution in [3.05, 3.63) is 59.5 Å². The van der Waals surface area contributed by atoms with Gasteiger partial charge in [0.05, 0.1) is 18.3 Å². The number of carbonyl (C=O) groups is 1. The van der Waals surface area contributed by atoms with Crippen LogP contribution in [0.2, 0.25) is 5.02 Å². The number of benzene rings is 1. The molecule has 0 atom stereocenters. The van der Waals surface area contributed by atoms with Gasteiger partial charge in [-0.3, -0.25) is 14.8 Å². The molecule has 0 unspecified atom stereocenters. The van der Waals surface area contributed by atoms with E-state index in [1.807, 2.05) is 30.5 Å². The zero-order valence-corrected chi connectivity index (χ0v) is 12.5. The molecular weight excluding hydrogens is 300 g/mol. The maximum absolute atomic E-state index is 10.2. The number of rotatable bonds is 5. The van der Waals surface area contributed by atoms with Crippen molar-refractivity contribution in [1.82, 2.24) is 9.97 Å². The molecule has 0 amide bonds. The molecule has 0 bridgehead atoms. The Morgan fingerprint density at radius 3 is 2.73 bits per heavy atom. The number of aromatic nitrogens is 2. The van der Waals surface area contributed by atoms with E-state index in [2.05, 4.69) is 16.0 Å². The Morgan fingerprint density at radius 1 is 1.14 bits per heavy atom. The van der Waals surface area contributed by atoms with Crippen LogP contribution in [0.1, 0.15) is 5.56 Å². The molecule has 0 saturated carbocycles. The summed E-state index contributed by atoms with van der Waals surface area (Å²) >= 11 is 5.94. The fourth-order valence-corrected chi connectivity index (χ4v) is 2.44. The maximum Gasteiger partial charge on any atom is 0.293 e. The number of nitrogens with zero attached hydrogens (tertiary/aromatic N) is 2. The van der Waals surface area contributed by atoms with E-state index in [4.69, 9.17) is 16.3 Å². The van der Waals surface area contributed by atoms with Crippen LogP contribution >= 0.6 is 11.6 Å². The second kappa shape index (κ2) is 6.54. The van der Waals surface area contributed by atoms with Crippen molar-refractivity contribution in [2.24, 2.45) is 0 Å². The second-order valence-electron chi connectivity index (χ2n) is 4.82. The molecule has 2 aromatic heterocycles. The Morgan fingerprint density at radius 2 is 1.95 bits per heavy atom. The molecule has 110 valence electrons. The third-order valence-corrected chi connectivity index (χ3v) is 3.65. The predicted octanol–water partition coefficient (Wildman–Crippen LogP) is 3.67. The Kier molecular flexibility index (Phi) is 4.30. The lowest BCUT2D eigenvalue weighted by Gasteiger charge is -2.08. The molecule has 3 aromatic rings. The molecule has 0 saturated heterocycles. The maximum atomic E-state index is 10.2. The lowest BCUT2D eigenvalue weighted by molar-refractivity contribution is -0.128. The van der Waals surface area contributed by atoms with Crippen LogP contribution < -0.4 is 0 Å². The summed E-state index contributed by atoms with van der Waals surface area (Å²) in [5.74, 6) is 0. The first-order valence-electron chi connectivity index (χ1n) is 6.82. The minimum absolute atomic E-state index is 0.345. The van der Waals surface area contributed by atoms with Gasteiger partial charge in [-0.05, 0) is 29.3 Å². The lowest BCUT2D eigenvalue weighted by atomic mass is 10.0. The molecule has 0 aliphatic heterocycles. The number of halogens is 1. The highest BCUT2D eigenvalue weighted by Crippen LogP contribution is 2.28. The monoisotopic (exact) mass is 312 g/mol. The van der Waals surface area contributed by atoms with Crippen molar-refractivity contribution < 1.29 is 9.53 Å². The number of pyridine rings is 2. The van der Waals surface area contributed by atoms with E-state index in [9.17, 15) is 4.79 Å². The summed E-state index contributed by atoms with van der Waals surface area (Å²) in [5.41, 5.74) is 3.87. The van der Waals surface area contributed by atoms with Crippen LogP contribution in [0.15, 0.2) is 48.9 Å². The van der Waals surface area contributed by atoms with Gasteiger partial charge in [0.15, 0.2) is 0 Å². The van der Waals surface area contributed by atoms with Crippen molar-refractivity contribution in [3.8, 4) is 11.1 Å². The van der Waals surface area contributed by atoms with Crippen molar-refractivity contribution in [3.63, 3.8) is 0 Å². The van der Waals surface area contributed by atoms with Crippen LogP contribution in [0.3, 0.4) is 0 Å². The number of hydrogen-bond donors (Lipinski definition) is 0. The smallest absolute Gasteiger partial charge is 0.293 e. The quantitative estimate of drug-likeness (QED) is 0.533. The third-order valence-electron chi connectivity index (χ3n) is 3.40. The van der Waals surface area contributed by atoms with Gasteiger partial charge in [0.25, 0.3) is 6.47 Å². The normalized spacial score (nSPS) is 10.6. The average molecular weight is 313 g/mol. The van der Waals surface area contributed by atoms with Gasteiger partial charge in [-0.15, -0.1) is 0 Å². The van der Waals surface area contributed by atoms with Gasteiger partial charge in [0, 0.05) is 34.8 Å². The second-order valence-corrected chi connectivity index (χ2v) is 5.26. The number of hydrogen-bond acceptors (Lipinski definition) is 4. The average Bonchev–Trinajstić information content (AvgIpc) is 2.55. The number of ether oxygens (including phenoxy) is 1. The topological polar surface area (TPSA) is 52.1 Å². The Bertz CT molecular complexity index is 803. The standard InChI is InChI=1S/C17H13ClN2O2/c18-14-3-1-13(2-4-14)16-9-19-10-17-15(16)7-12(8-20-17)5-6-22-11-21/h1-4,7-11H,5-6H2. The number of fused-ring (bicyclic) bond motifs is 1. The van der Waals surface area contributed by atoms with Crippen LogP contribution in [0.4, 0.5) is 0 Å². The molecule has 0 radical (unpaired) electrons. The first kappa shape index (κ1) is 14.5. The fourth-order valence-electron chi connectivity index (χ4n) is 2.31. The Labute approximate surface area is 132 Å². The van der Waals surface area contributed by atoms with Gasteiger partial charge in [0.1, 0.15) is 0 Å².